The molecule has 0 aliphatic heterocycles. The van der Waals surface area contributed by atoms with Crippen LogP contribution >= 0.6 is 12.2 Å². The van der Waals surface area contributed by atoms with Gasteiger partial charge in [0, 0.05) is 11.3 Å². The topological polar surface area (TPSA) is 84.2 Å². The first-order chi connectivity index (χ1) is 10.5. The van der Waals surface area contributed by atoms with Crippen molar-refractivity contribution in [2.45, 2.75) is 6.42 Å². The summed E-state index contributed by atoms with van der Waals surface area (Å²) in [5.41, 5.74) is 7.14. The van der Waals surface area contributed by atoms with Crippen LogP contribution in [0.2, 0.25) is 0 Å². The molecule has 0 atom stereocenters. The molecule has 0 saturated carbocycles. The summed E-state index contributed by atoms with van der Waals surface area (Å²) in [6, 6.07) is 15.9. The van der Waals surface area contributed by atoms with Crippen LogP contribution in [0.15, 0.2) is 54.6 Å². The number of thiocarbonyl (C=S) groups is 1. The summed E-state index contributed by atoms with van der Waals surface area (Å²) in [6.07, 6.45) is 0.253. The first-order valence-electron chi connectivity index (χ1n) is 6.59. The van der Waals surface area contributed by atoms with Crippen LogP contribution in [0.4, 0.5) is 5.69 Å². The standard InChI is InChI=1S/C16H15N3O2S/c17-15(21)12-6-8-13(9-7-12)18-16(22)19-14(20)10-11-4-2-1-3-5-11/h1-9H,10H2,(H2,17,21)(H2,18,19,20,22). The van der Waals surface area contributed by atoms with E-state index < -0.39 is 5.91 Å². The number of carbonyl (C=O) groups is 2. The van der Waals surface area contributed by atoms with Crippen LogP contribution < -0.4 is 16.4 Å². The molecule has 2 amide bonds. The van der Waals surface area contributed by atoms with Gasteiger partial charge in [-0.05, 0) is 42.0 Å². The molecule has 0 heterocycles. The summed E-state index contributed by atoms with van der Waals surface area (Å²) in [5, 5.41) is 5.68. The number of carbonyl (C=O) groups excluding carboxylic acids is 2. The predicted octanol–water partition coefficient (Wildman–Crippen LogP) is 1.84. The van der Waals surface area contributed by atoms with Gasteiger partial charge in [-0.3, -0.25) is 9.59 Å². The fourth-order valence-corrected chi connectivity index (χ4v) is 2.06. The number of nitrogens with one attached hydrogen (secondary N) is 2. The summed E-state index contributed by atoms with van der Waals surface area (Å²) < 4.78 is 0. The van der Waals surface area contributed by atoms with Gasteiger partial charge in [0.15, 0.2) is 5.11 Å². The van der Waals surface area contributed by atoms with Gasteiger partial charge in [0.1, 0.15) is 0 Å². The van der Waals surface area contributed by atoms with Crippen molar-refractivity contribution in [2.24, 2.45) is 5.73 Å². The lowest BCUT2D eigenvalue weighted by molar-refractivity contribution is -0.119. The van der Waals surface area contributed by atoms with Crippen LogP contribution in [0.1, 0.15) is 15.9 Å². The molecular weight excluding hydrogens is 298 g/mol. The number of primary amides is 1. The summed E-state index contributed by atoms with van der Waals surface area (Å²) >= 11 is 5.08. The van der Waals surface area contributed by atoms with Crippen molar-refractivity contribution < 1.29 is 9.59 Å². The molecule has 0 bridgehead atoms. The molecule has 0 aliphatic rings. The van der Waals surface area contributed by atoms with E-state index >= 15 is 0 Å². The van der Waals surface area contributed by atoms with E-state index in [1.54, 1.807) is 24.3 Å². The van der Waals surface area contributed by atoms with Crippen molar-refractivity contribution in [2.75, 3.05) is 5.32 Å². The van der Waals surface area contributed by atoms with E-state index in [0.717, 1.165) is 5.56 Å². The SMILES string of the molecule is NC(=O)c1ccc(NC(=S)NC(=O)Cc2ccccc2)cc1. The first-order valence-corrected chi connectivity index (χ1v) is 7.00. The van der Waals surface area contributed by atoms with Gasteiger partial charge >= 0.3 is 0 Å². The molecule has 2 aromatic carbocycles. The lowest BCUT2D eigenvalue weighted by Crippen LogP contribution is -2.35. The average Bonchev–Trinajstić information content (AvgIpc) is 2.48. The number of hydrogen-bond donors (Lipinski definition) is 3. The Morgan fingerprint density at radius 3 is 2.23 bits per heavy atom. The predicted molar refractivity (Wildman–Crippen MR) is 89.5 cm³/mol. The molecule has 0 saturated heterocycles. The molecule has 0 spiro atoms. The number of benzene rings is 2. The second-order valence-electron chi connectivity index (χ2n) is 4.61. The van der Waals surface area contributed by atoms with Crippen LogP contribution in [-0.2, 0) is 11.2 Å². The molecule has 112 valence electrons. The van der Waals surface area contributed by atoms with Gasteiger partial charge in [-0.2, -0.15) is 0 Å². The van der Waals surface area contributed by atoms with Gasteiger partial charge in [0.25, 0.3) is 0 Å². The minimum absolute atomic E-state index is 0.197. The lowest BCUT2D eigenvalue weighted by atomic mass is 10.1. The zero-order valence-electron chi connectivity index (χ0n) is 11.7. The van der Waals surface area contributed by atoms with Crippen LogP contribution in [0, 0.1) is 0 Å². The number of hydrogen-bond acceptors (Lipinski definition) is 3. The maximum atomic E-state index is 11.9. The molecule has 0 aliphatic carbocycles. The molecule has 2 rings (SSSR count). The largest absolute Gasteiger partial charge is 0.366 e. The fourth-order valence-electron chi connectivity index (χ4n) is 1.83. The number of nitrogens with two attached hydrogens (primary N) is 1. The fraction of sp³-hybridized carbons (Fsp3) is 0.0625. The highest BCUT2D eigenvalue weighted by atomic mass is 32.1. The van der Waals surface area contributed by atoms with Gasteiger partial charge in [-0.15, -0.1) is 0 Å². The third-order valence-corrected chi connectivity index (χ3v) is 3.09. The second kappa shape index (κ2) is 7.33. The molecule has 0 aromatic heterocycles. The van der Waals surface area contributed by atoms with E-state index in [0.29, 0.717) is 11.3 Å². The third kappa shape index (κ3) is 4.68. The highest BCUT2D eigenvalue weighted by Gasteiger charge is 2.06. The first kappa shape index (κ1) is 15.7. The van der Waals surface area contributed by atoms with Gasteiger partial charge < -0.3 is 16.4 Å². The number of amides is 2. The van der Waals surface area contributed by atoms with Crippen LogP contribution in [0.25, 0.3) is 0 Å². The quantitative estimate of drug-likeness (QED) is 0.752. The van der Waals surface area contributed by atoms with E-state index in [1.165, 1.54) is 0 Å². The second-order valence-corrected chi connectivity index (χ2v) is 5.01. The number of anilines is 1. The summed E-state index contributed by atoms with van der Waals surface area (Å²) in [4.78, 5) is 22.8. The minimum Gasteiger partial charge on any atom is -0.366 e. The van der Waals surface area contributed by atoms with Crippen LogP contribution in [0.3, 0.4) is 0 Å². The molecule has 0 fully saturated rings. The van der Waals surface area contributed by atoms with Crippen molar-refractivity contribution in [1.82, 2.24) is 5.32 Å². The third-order valence-electron chi connectivity index (χ3n) is 2.89. The Labute approximate surface area is 133 Å². The van der Waals surface area contributed by atoms with Gasteiger partial charge in [0.05, 0.1) is 6.42 Å². The van der Waals surface area contributed by atoms with Crippen molar-refractivity contribution in [3.8, 4) is 0 Å². The lowest BCUT2D eigenvalue weighted by Gasteiger charge is -2.10. The summed E-state index contributed by atoms with van der Waals surface area (Å²) in [6.45, 7) is 0. The Hall–Kier alpha value is -2.73. The van der Waals surface area contributed by atoms with Crippen molar-refractivity contribution >= 4 is 34.8 Å². The van der Waals surface area contributed by atoms with E-state index in [4.69, 9.17) is 18.0 Å². The Morgan fingerprint density at radius 2 is 1.64 bits per heavy atom. The van der Waals surface area contributed by atoms with Crippen molar-refractivity contribution in [3.63, 3.8) is 0 Å². The van der Waals surface area contributed by atoms with Crippen LogP contribution in [0.5, 0.6) is 0 Å². The molecule has 6 heteroatoms. The minimum atomic E-state index is -0.495. The van der Waals surface area contributed by atoms with E-state index in [2.05, 4.69) is 10.6 Å². The molecule has 22 heavy (non-hydrogen) atoms. The smallest absolute Gasteiger partial charge is 0.248 e. The summed E-state index contributed by atoms with van der Waals surface area (Å²) in [7, 11) is 0. The van der Waals surface area contributed by atoms with E-state index in [1.807, 2.05) is 30.3 Å². The van der Waals surface area contributed by atoms with Crippen LogP contribution in [-0.4, -0.2) is 16.9 Å². The maximum Gasteiger partial charge on any atom is 0.248 e. The normalized spacial score (nSPS) is 9.82. The van der Waals surface area contributed by atoms with Gasteiger partial charge in [-0.1, -0.05) is 30.3 Å². The average molecular weight is 313 g/mol. The monoisotopic (exact) mass is 313 g/mol. The van der Waals surface area contributed by atoms with Gasteiger partial charge in [0.2, 0.25) is 11.8 Å². The van der Waals surface area contributed by atoms with Crippen molar-refractivity contribution in [1.29, 1.82) is 0 Å². The molecule has 0 unspecified atom stereocenters. The summed E-state index contributed by atoms with van der Waals surface area (Å²) in [5.74, 6) is -0.692. The molecule has 2 aromatic rings. The Balaban J connectivity index is 1.87. The maximum absolute atomic E-state index is 11.9. The highest BCUT2D eigenvalue weighted by molar-refractivity contribution is 7.80. The molecule has 4 N–H and O–H groups in total. The highest BCUT2D eigenvalue weighted by Crippen LogP contribution is 2.09. The molecule has 5 nitrogen and oxygen atoms in total. The van der Waals surface area contributed by atoms with Crippen molar-refractivity contribution in [3.05, 3.63) is 65.7 Å². The van der Waals surface area contributed by atoms with E-state index in [-0.39, 0.29) is 17.4 Å². The zero-order valence-corrected chi connectivity index (χ0v) is 12.5. The zero-order chi connectivity index (χ0) is 15.9. The van der Waals surface area contributed by atoms with E-state index in [9.17, 15) is 9.59 Å². The number of rotatable bonds is 4. The Kier molecular flexibility index (Phi) is 5.21. The Bertz CT molecular complexity index is 684. The van der Waals surface area contributed by atoms with Gasteiger partial charge in [-0.25, -0.2) is 0 Å². The molecule has 0 radical (unpaired) electrons. The molecular formula is C16H15N3O2S. The Morgan fingerprint density at radius 1 is 1.00 bits per heavy atom.